The van der Waals surface area contributed by atoms with Crippen molar-refractivity contribution in [3.63, 3.8) is 0 Å². The summed E-state index contributed by atoms with van der Waals surface area (Å²) < 4.78 is 2.31. The van der Waals surface area contributed by atoms with Crippen LogP contribution in [-0.2, 0) is 13.0 Å². The van der Waals surface area contributed by atoms with Crippen LogP contribution in [0.3, 0.4) is 0 Å². The number of imidazole rings is 1. The van der Waals surface area contributed by atoms with Gasteiger partial charge in [0.2, 0.25) is 0 Å². The van der Waals surface area contributed by atoms with Crippen LogP contribution in [0.4, 0.5) is 0 Å². The summed E-state index contributed by atoms with van der Waals surface area (Å²) in [4.78, 5) is 4.32. The molecule has 1 aliphatic carbocycles. The third kappa shape index (κ3) is 5.28. The first-order valence-electron chi connectivity index (χ1n) is 8.27. The molecule has 0 atom stereocenters. The summed E-state index contributed by atoms with van der Waals surface area (Å²) in [6.07, 6.45) is 13.5. The highest BCUT2D eigenvalue weighted by molar-refractivity contribution is 5.01. The molecule has 3 nitrogen and oxygen atoms in total. The predicted molar refractivity (Wildman–Crippen MR) is 84.9 cm³/mol. The van der Waals surface area contributed by atoms with Crippen LogP contribution in [0.1, 0.15) is 65.0 Å². The molecular formula is C17H31N3. The van der Waals surface area contributed by atoms with Gasteiger partial charge in [-0.15, -0.1) is 0 Å². The first kappa shape index (κ1) is 15.6. The molecule has 1 heterocycles. The molecule has 114 valence electrons. The van der Waals surface area contributed by atoms with Crippen LogP contribution in [0.2, 0.25) is 0 Å². The monoisotopic (exact) mass is 277 g/mol. The van der Waals surface area contributed by atoms with Crippen molar-refractivity contribution in [2.75, 3.05) is 6.54 Å². The Morgan fingerprint density at radius 1 is 1.20 bits per heavy atom. The van der Waals surface area contributed by atoms with Gasteiger partial charge in [-0.3, -0.25) is 0 Å². The summed E-state index contributed by atoms with van der Waals surface area (Å²) in [5.74, 6) is 0. The molecular weight excluding hydrogens is 246 g/mol. The Morgan fingerprint density at radius 2 is 1.90 bits per heavy atom. The van der Waals surface area contributed by atoms with Crippen molar-refractivity contribution in [1.29, 1.82) is 0 Å². The Morgan fingerprint density at radius 3 is 2.55 bits per heavy atom. The van der Waals surface area contributed by atoms with Crippen molar-refractivity contribution >= 4 is 0 Å². The Hall–Kier alpha value is -0.830. The lowest BCUT2D eigenvalue weighted by atomic mass is 9.91. The van der Waals surface area contributed by atoms with Gasteiger partial charge in [0, 0.05) is 31.0 Å². The summed E-state index contributed by atoms with van der Waals surface area (Å²) in [6, 6.07) is 0.743. The van der Waals surface area contributed by atoms with Crippen LogP contribution in [0.15, 0.2) is 12.5 Å². The number of hydrogen-bond donors (Lipinski definition) is 1. The third-order valence-corrected chi connectivity index (χ3v) is 4.15. The molecule has 0 aromatic carbocycles. The molecule has 1 saturated carbocycles. The van der Waals surface area contributed by atoms with E-state index in [2.05, 4.69) is 35.6 Å². The molecule has 0 radical (unpaired) electrons. The van der Waals surface area contributed by atoms with Gasteiger partial charge in [-0.05, 0) is 24.7 Å². The van der Waals surface area contributed by atoms with E-state index in [0.717, 1.165) is 25.6 Å². The van der Waals surface area contributed by atoms with E-state index in [9.17, 15) is 0 Å². The molecule has 1 aliphatic rings. The standard InChI is InChI=1S/C17H31N3/c1-17(2,3)12-16-13-18-14-20(16)11-10-19-15-8-6-4-5-7-9-15/h13-15,19H,4-12H2,1-3H3. The van der Waals surface area contributed by atoms with Gasteiger partial charge in [-0.1, -0.05) is 46.5 Å². The number of nitrogens with zero attached hydrogens (tertiary/aromatic N) is 2. The van der Waals surface area contributed by atoms with E-state index >= 15 is 0 Å². The topological polar surface area (TPSA) is 29.9 Å². The molecule has 0 aliphatic heterocycles. The smallest absolute Gasteiger partial charge is 0.0948 e. The number of nitrogens with one attached hydrogen (secondary N) is 1. The van der Waals surface area contributed by atoms with Crippen LogP contribution < -0.4 is 5.32 Å². The third-order valence-electron chi connectivity index (χ3n) is 4.15. The minimum Gasteiger partial charge on any atom is -0.333 e. The molecule has 0 unspecified atom stereocenters. The Kier molecular flexibility index (Phi) is 5.64. The van der Waals surface area contributed by atoms with Gasteiger partial charge in [0.25, 0.3) is 0 Å². The lowest BCUT2D eigenvalue weighted by molar-refractivity contribution is 0.392. The minimum atomic E-state index is 0.326. The number of rotatable bonds is 5. The Labute approximate surface area is 124 Å². The van der Waals surface area contributed by atoms with Crippen molar-refractivity contribution in [1.82, 2.24) is 14.9 Å². The van der Waals surface area contributed by atoms with E-state index in [0.29, 0.717) is 5.41 Å². The summed E-state index contributed by atoms with van der Waals surface area (Å²) in [7, 11) is 0. The summed E-state index contributed by atoms with van der Waals surface area (Å²) in [6.45, 7) is 8.97. The van der Waals surface area contributed by atoms with Gasteiger partial charge < -0.3 is 9.88 Å². The zero-order valence-electron chi connectivity index (χ0n) is 13.5. The minimum absolute atomic E-state index is 0.326. The van der Waals surface area contributed by atoms with E-state index in [4.69, 9.17) is 0 Å². The van der Waals surface area contributed by atoms with Crippen LogP contribution in [0.5, 0.6) is 0 Å². The summed E-state index contributed by atoms with van der Waals surface area (Å²) in [5, 5.41) is 3.74. The van der Waals surface area contributed by atoms with Gasteiger partial charge in [-0.25, -0.2) is 4.98 Å². The molecule has 1 N–H and O–H groups in total. The second-order valence-corrected chi connectivity index (χ2v) is 7.46. The van der Waals surface area contributed by atoms with E-state index in [1.165, 1.54) is 44.2 Å². The van der Waals surface area contributed by atoms with Crippen LogP contribution >= 0.6 is 0 Å². The Balaban J connectivity index is 1.77. The van der Waals surface area contributed by atoms with E-state index in [1.807, 2.05) is 12.5 Å². The largest absolute Gasteiger partial charge is 0.333 e. The molecule has 0 spiro atoms. The van der Waals surface area contributed by atoms with Gasteiger partial charge in [0.15, 0.2) is 0 Å². The van der Waals surface area contributed by atoms with E-state index in [1.54, 1.807) is 0 Å². The molecule has 20 heavy (non-hydrogen) atoms. The number of aromatic nitrogens is 2. The maximum Gasteiger partial charge on any atom is 0.0948 e. The van der Waals surface area contributed by atoms with Gasteiger partial charge >= 0.3 is 0 Å². The van der Waals surface area contributed by atoms with Crippen molar-refractivity contribution in [2.24, 2.45) is 5.41 Å². The van der Waals surface area contributed by atoms with Crippen LogP contribution in [0, 0.1) is 5.41 Å². The molecule has 1 aromatic rings. The highest BCUT2D eigenvalue weighted by atomic mass is 15.1. The van der Waals surface area contributed by atoms with Crippen LogP contribution in [-0.4, -0.2) is 22.1 Å². The van der Waals surface area contributed by atoms with Gasteiger partial charge in [-0.2, -0.15) is 0 Å². The molecule has 0 bridgehead atoms. The number of hydrogen-bond acceptors (Lipinski definition) is 2. The predicted octanol–water partition coefficient (Wildman–Crippen LogP) is 3.78. The van der Waals surface area contributed by atoms with Gasteiger partial charge in [0.1, 0.15) is 0 Å². The van der Waals surface area contributed by atoms with E-state index < -0.39 is 0 Å². The van der Waals surface area contributed by atoms with Crippen molar-refractivity contribution < 1.29 is 0 Å². The zero-order valence-corrected chi connectivity index (χ0v) is 13.5. The van der Waals surface area contributed by atoms with Crippen molar-refractivity contribution in [3.8, 4) is 0 Å². The SMILES string of the molecule is CC(C)(C)Cc1cncn1CCNC1CCCCCC1. The van der Waals surface area contributed by atoms with Crippen molar-refractivity contribution in [2.45, 2.75) is 78.3 Å². The first-order chi connectivity index (χ1) is 9.54. The summed E-state index contributed by atoms with van der Waals surface area (Å²) in [5.41, 5.74) is 1.69. The zero-order chi connectivity index (χ0) is 14.4. The maximum absolute atomic E-state index is 4.32. The second-order valence-electron chi connectivity index (χ2n) is 7.46. The fourth-order valence-electron chi connectivity index (χ4n) is 3.11. The van der Waals surface area contributed by atoms with Crippen LogP contribution in [0.25, 0.3) is 0 Å². The summed E-state index contributed by atoms with van der Waals surface area (Å²) >= 11 is 0. The molecule has 1 aromatic heterocycles. The molecule has 1 fully saturated rings. The Bertz CT molecular complexity index is 381. The fourth-order valence-corrected chi connectivity index (χ4v) is 3.11. The normalized spacial score (nSPS) is 18.1. The average Bonchev–Trinajstić information content (AvgIpc) is 2.63. The fraction of sp³-hybridized carbons (Fsp3) is 0.824. The lowest BCUT2D eigenvalue weighted by Crippen LogP contribution is -2.31. The maximum atomic E-state index is 4.32. The highest BCUT2D eigenvalue weighted by Crippen LogP contribution is 2.20. The van der Waals surface area contributed by atoms with E-state index in [-0.39, 0.29) is 0 Å². The molecule has 0 amide bonds. The van der Waals surface area contributed by atoms with Crippen molar-refractivity contribution in [3.05, 3.63) is 18.2 Å². The molecule has 2 rings (SSSR count). The molecule has 0 saturated heterocycles. The second kappa shape index (κ2) is 7.26. The quantitative estimate of drug-likeness (QED) is 0.830. The highest BCUT2D eigenvalue weighted by Gasteiger charge is 2.15. The molecule has 3 heteroatoms. The average molecular weight is 277 g/mol. The first-order valence-corrected chi connectivity index (χ1v) is 8.27. The van der Waals surface area contributed by atoms with Gasteiger partial charge in [0.05, 0.1) is 6.33 Å². The lowest BCUT2D eigenvalue weighted by Gasteiger charge is -2.20.